The van der Waals surface area contributed by atoms with Gasteiger partial charge in [0.2, 0.25) is 11.8 Å². The predicted molar refractivity (Wildman–Crippen MR) is 116 cm³/mol. The first-order valence-corrected chi connectivity index (χ1v) is 11.2. The molecule has 1 aromatic heterocycles. The van der Waals surface area contributed by atoms with E-state index in [9.17, 15) is 14.0 Å². The minimum atomic E-state index is -0.359. The fraction of sp³-hybridized carbons (Fsp3) is 0.478. The molecule has 2 amide bonds. The lowest BCUT2D eigenvalue weighted by Crippen LogP contribution is -2.47. The molecule has 30 heavy (non-hydrogen) atoms. The minimum absolute atomic E-state index is 0.0674. The van der Waals surface area contributed by atoms with Crippen LogP contribution in [0.15, 0.2) is 35.7 Å². The standard InChI is InChI=1S/C23H29FN2O3S/c1-16(2)7-10-25(17(3)27)14-23(28)26-11-8-22-20(9-12-30-22)21(26)15-29-19-6-4-5-18(24)13-19/h4-6,9,12-13,16,21H,7-8,10-11,14-15H2,1-3H3/t21-/m0/s1. The van der Waals surface area contributed by atoms with Gasteiger partial charge in [0.15, 0.2) is 0 Å². The highest BCUT2D eigenvalue weighted by atomic mass is 32.1. The predicted octanol–water partition coefficient (Wildman–Crippen LogP) is 4.29. The van der Waals surface area contributed by atoms with Gasteiger partial charge >= 0.3 is 0 Å². The first-order valence-electron chi connectivity index (χ1n) is 10.3. The molecule has 0 radical (unpaired) electrons. The molecule has 3 rings (SSSR count). The van der Waals surface area contributed by atoms with Gasteiger partial charge in [0, 0.05) is 31.0 Å². The van der Waals surface area contributed by atoms with Gasteiger partial charge in [-0.25, -0.2) is 4.39 Å². The summed E-state index contributed by atoms with van der Waals surface area (Å²) >= 11 is 1.68. The number of benzene rings is 1. The van der Waals surface area contributed by atoms with E-state index in [2.05, 4.69) is 13.8 Å². The minimum Gasteiger partial charge on any atom is -0.491 e. The Labute approximate surface area is 181 Å². The van der Waals surface area contributed by atoms with Gasteiger partial charge in [0.25, 0.3) is 0 Å². The molecule has 1 aromatic carbocycles. The van der Waals surface area contributed by atoms with Crippen LogP contribution in [0.5, 0.6) is 5.75 Å². The van der Waals surface area contributed by atoms with Gasteiger partial charge in [-0.3, -0.25) is 9.59 Å². The molecule has 162 valence electrons. The SMILES string of the molecule is CC(=O)N(CCC(C)C)CC(=O)N1CCc2sccc2[C@@H]1COc1cccc(F)c1. The highest BCUT2D eigenvalue weighted by molar-refractivity contribution is 7.10. The number of carbonyl (C=O) groups excluding carboxylic acids is 2. The van der Waals surface area contributed by atoms with Crippen molar-refractivity contribution in [3.8, 4) is 5.75 Å². The first-order chi connectivity index (χ1) is 14.3. The average Bonchev–Trinajstić information content (AvgIpc) is 3.17. The first kappa shape index (κ1) is 22.3. The number of amides is 2. The normalized spacial score (nSPS) is 15.8. The Morgan fingerprint density at radius 2 is 2.13 bits per heavy atom. The van der Waals surface area contributed by atoms with Crippen LogP contribution in [0.3, 0.4) is 0 Å². The van der Waals surface area contributed by atoms with E-state index in [4.69, 9.17) is 4.74 Å². The van der Waals surface area contributed by atoms with Crippen LogP contribution >= 0.6 is 11.3 Å². The Morgan fingerprint density at radius 3 is 2.83 bits per heavy atom. The fourth-order valence-corrected chi connectivity index (χ4v) is 4.55. The third-order valence-corrected chi connectivity index (χ3v) is 6.36. The van der Waals surface area contributed by atoms with Crippen molar-refractivity contribution in [2.24, 2.45) is 5.92 Å². The number of halogens is 1. The second-order valence-corrected chi connectivity index (χ2v) is 9.04. The van der Waals surface area contributed by atoms with Crippen LogP contribution in [0, 0.1) is 11.7 Å². The lowest BCUT2D eigenvalue weighted by Gasteiger charge is -2.37. The van der Waals surface area contributed by atoms with E-state index < -0.39 is 0 Å². The van der Waals surface area contributed by atoms with Crippen molar-refractivity contribution in [2.45, 2.75) is 39.7 Å². The maximum atomic E-state index is 13.5. The van der Waals surface area contributed by atoms with Crippen molar-refractivity contribution >= 4 is 23.2 Å². The van der Waals surface area contributed by atoms with Gasteiger partial charge in [-0.05, 0) is 47.9 Å². The maximum Gasteiger partial charge on any atom is 0.242 e. The number of hydrogen-bond acceptors (Lipinski definition) is 4. The van der Waals surface area contributed by atoms with Gasteiger partial charge in [0.05, 0.1) is 12.6 Å². The van der Waals surface area contributed by atoms with E-state index in [1.807, 2.05) is 11.4 Å². The summed E-state index contributed by atoms with van der Waals surface area (Å²) in [6.45, 7) is 7.17. The molecule has 1 atom stereocenters. The molecule has 1 aliphatic heterocycles. The summed E-state index contributed by atoms with van der Waals surface area (Å²) in [5.74, 6) is 0.357. The van der Waals surface area contributed by atoms with Crippen LogP contribution in [0.25, 0.3) is 0 Å². The fourth-order valence-electron chi connectivity index (χ4n) is 3.62. The number of rotatable bonds is 8. The van der Waals surface area contributed by atoms with Gasteiger partial charge in [-0.2, -0.15) is 0 Å². The van der Waals surface area contributed by atoms with Crippen molar-refractivity contribution < 1.29 is 18.7 Å². The highest BCUT2D eigenvalue weighted by Crippen LogP contribution is 2.34. The van der Waals surface area contributed by atoms with Crippen LogP contribution in [-0.2, 0) is 16.0 Å². The van der Waals surface area contributed by atoms with Gasteiger partial charge < -0.3 is 14.5 Å². The molecule has 0 aliphatic carbocycles. The van der Waals surface area contributed by atoms with Crippen LogP contribution in [-0.4, -0.2) is 47.9 Å². The van der Waals surface area contributed by atoms with Gasteiger partial charge in [-0.1, -0.05) is 19.9 Å². The van der Waals surface area contributed by atoms with Gasteiger partial charge in [-0.15, -0.1) is 11.3 Å². The van der Waals surface area contributed by atoms with E-state index >= 15 is 0 Å². The summed E-state index contributed by atoms with van der Waals surface area (Å²) < 4.78 is 19.3. The van der Waals surface area contributed by atoms with Crippen molar-refractivity contribution in [2.75, 3.05) is 26.2 Å². The number of carbonyl (C=O) groups is 2. The second kappa shape index (κ2) is 10.1. The van der Waals surface area contributed by atoms with E-state index in [-0.39, 0.29) is 36.8 Å². The summed E-state index contributed by atoms with van der Waals surface area (Å²) in [4.78, 5) is 29.9. The Morgan fingerprint density at radius 1 is 1.33 bits per heavy atom. The molecule has 0 saturated heterocycles. The zero-order chi connectivity index (χ0) is 21.7. The Hall–Kier alpha value is -2.41. The number of nitrogens with zero attached hydrogens (tertiary/aromatic N) is 2. The van der Waals surface area contributed by atoms with Crippen LogP contribution in [0.1, 0.15) is 43.7 Å². The summed E-state index contributed by atoms with van der Waals surface area (Å²) in [6, 6.07) is 7.79. The molecular weight excluding hydrogens is 403 g/mol. The molecule has 2 heterocycles. The quantitative estimate of drug-likeness (QED) is 0.625. The number of ether oxygens (including phenoxy) is 1. The Kier molecular flexibility index (Phi) is 7.48. The molecule has 7 heteroatoms. The van der Waals surface area contributed by atoms with Crippen molar-refractivity contribution in [1.82, 2.24) is 9.80 Å². The third-order valence-electron chi connectivity index (χ3n) is 5.37. The largest absolute Gasteiger partial charge is 0.491 e. The molecule has 0 unspecified atom stereocenters. The summed E-state index contributed by atoms with van der Waals surface area (Å²) in [5.41, 5.74) is 1.08. The smallest absolute Gasteiger partial charge is 0.242 e. The summed E-state index contributed by atoms with van der Waals surface area (Å²) in [7, 11) is 0. The topological polar surface area (TPSA) is 49.9 Å². The van der Waals surface area contributed by atoms with Crippen LogP contribution in [0.2, 0.25) is 0 Å². The Balaban J connectivity index is 1.74. The number of fused-ring (bicyclic) bond motifs is 1. The molecule has 0 saturated carbocycles. The monoisotopic (exact) mass is 432 g/mol. The summed E-state index contributed by atoms with van der Waals surface area (Å²) in [6.07, 6.45) is 1.65. The van der Waals surface area contributed by atoms with E-state index in [1.165, 1.54) is 23.9 Å². The molecular formula is C23H29FN2O3S. The van der Waals surface area contributed by atoms with E-state index in [0.29, 0.717) is 24.8 Å². The van der Waals surface area contributed by atoms with Crippen molar-refractivity contribution in [3.63, 3.8) is 0 Å². The molecule has 0 fully saturated rings. The third kappa shape index (κ3) is 5.59. The zero-order valence-electron chi connectivity index (χ0n) is 17.8. The van der Waals surface area contributed by atoms with Gasteiger partial charge in [0.1, 0.15) is 18.2 Å². The lowest BCUT2D eigenvalue weighted by atomic mass is 10.0. The van der Waals surface area contributed by atoms with Crippen LogP contribution < -0.4 is 4.74 Å². The molecule has 0 bridgehead atoms. The summed E-state index contributed by atoms with van der Waals surface area (Å²) in [5, 5.41) is 2.03. The molecule has 0 N–H and O–H groups in total. The molecule has 2 aromatic rings. The molecule has 1 aliphatic rings. The Bertz CT molecular complexity index is 883. The number of hydrogen-bond donors (Lipinski definition) is 0. The highest BCUT2D eigenvalue weighted by Gasteiger charge is 2.33. The zero-order valence-corrected chi connectivity index (χ0v) is 18.6. The number of thiophene rings is 1. The average molecular weight is 433 g/mol. The lowest BCUT2D eigenvalue weighted by molar-refractivity contribution is -0.142. The maximum absolute atomic E-state index is 13.5. The molecule has 0 spiro atoms. The van der Waals surface area contributed by atoms with Crippen LogP contribution in [0.4, 0.5) is 4.39 Å². The van der Waals surface area contributed by atoms with Crippen molar-refractivity contribution in [1.29, 1.82) is 0 Å². The van der Waals surface area contributed by atoms with E-state index in [1.54, 1.807) is 33.3 Å². The van der Waals surface area contributed by atoms with Crippen molar-refractivity contribution in [3.05, 3.63) is 52.0 Å². The second-order valence-electron chi connectivity index (χ2n) is 8.04. The van der Waals surface area contributed by atoms with E-state index in [0.717, 1.165) is 18.4 Å². The molecule has 5 nitrogen and oxygen atoms in total.